The van der Waals surface area contributed by atoms with E-state index in [1.807, 2.05) is 31.7 Å². The summed E-state index contributed by atoms with van der Waals surface area (Å²) in [5.74, 6) is 6.50. The zero-order chi connectivity index (χ0) is 12.7. The van der Waals surface area contributed by atoms with Crippen LogP contribution in [0.15, 0.2) is 12.4 Å². The maximum absolute atomic E-state index is 5.55. The van der Waals surface area contributed by atoms with Crippen molar-refractivity contribution in [2.24, 2.45) is 12.9 Å². The SMILES string of the molecule is CCOC(OCC)C(Cc1nccn1C)NN. The first-order valence-corrected chi connectivity index (χ1v) is 5.88. The molecule has 1 atom stereocenters. The van der Waals surface area contributed by atoms with E-state index in [-0.39, 0.29) is 12.3 Å². The second-order valence-corrected chi connectivity index (χ2v) is 3.71. The molecular weight excluding hydrogens is 220 g/mol. The molecule has 1 unspecified atom stereocenters. The molecule has 0 amide bonds. The molecule has 0 saturated heterocycles. The van der Waals surface area contributed by atoms with Crippen molar-refractivity contribution >= 4 is 0 Å². The Kier molecular flexibility index (Phi) is 6.13. The van der Waals surface area contributed by atoms with E-state index in [1.54, 1.807) is 6.20 Å². The van der Waals surface area contributed by atoms with Crippen molar-refractivity contribution in [3.8, 4) is 0 Å². The lowest BCUT2D eigenvalue weighted by Crippen LogP contribution is -2.48. The maximum atomic E-state index is 5.55. The van der Waals surface area contributed by atoms with Crippen molar-refractivity contribution in [2.75, 3.05) is 13.2 Å². The zero-order valence-corrected chi connectivity index (χ0v) is 10.7. The first-order chi connectivity index (χ1) is 8.22. The lowest BCUT2D eigenvalue weighted by Gasteiger charge is -2.25. The number of nitrogens with one attached hydrogen (secondary N) is 1. The van der Waals surface area contributed by atoms with E-state index in [0.717, 1.165) is 5.82 Å². The summed E-state index contributed by atoms with van der Waals surface area (Å²) in [6.45, 7) is 5.04. The number of nitrogens with two attached hydrogens (primary N) is 1. The molecular formula is C11H22N4O2. The lowest BCUT2D eigenvalue weighted by atomic mass is 10.2. The second-order valence-electron chi connectivity index (χ2n) is 3.71. The summed E-state index contributed by atoms with van der Waals surface area (Å²) in [6, 6.07) is -0.115. The smallest absolute Gasteiger partial charge is 0.174 e. The van der Waals surface area contributed by atoms with Crippen LogP contribution in [0.5, 0.6) is 0 Å². The van der Waals surface area contributed by atoms with Gasteiger partial charge in [-0.2, -0.15) is 0 Å². The van der Waals surface area contributed by atoms with E-state index < -0.39 is 0 Å². The standard InChI is InChI=1S/C11H22N4O2/c1-4-16-11(17-5-2)9(14-12)8-10-13-6-7-15(10)3/h6-7,9,11,14H,4-5,8,12H2,1-3H3. The van der Waals surface area contributed by atoms with Crippen LogP contribution in [-0.2, 0) is 22.9 Å². The number of aromatic nitrogens is 2. The molecule has 98 valence electrons. The van der Waals surface area contributed by atoms with Crippen LogP contribution < -0.4 is 11.3 Å². The van der Waals surface area contributed by atoms with Crippen LogP contribution in [0.4, 0.5) is 0 Å². The Balaban J connectivity index is 2.64. The van der Waals surface area contributed by atoms with Crippen LogP contribution in [0.3, 0.4) is 0 Å². The molecule has 0 bridgehead atoms. The molecule has 1 aromatic rings. The van der Waals surface area contributed by atoms with Gasteiger partial charge in [-0.05, 0) is 13.8 Å². The molecule has 3 N–H and O–H groups in total. The van der Waals surface area contributed by atoms with Gasteiger partial charge in [0.2, 0.25) is 0 Å². The molecule has 1 rings (SSSR count). The molecule has 0 fully saturated rings. The quantitative estimate of drug-likeness (QED) is 0.387. The zero-order valence-electron chi connectivity index (χ0n) is 10.7. The first kappa shape index (κ1) is 14.1. The Labute approximate surface area is 102 Å². The summed E-state index contributed by atoms with van der Waals surface area (Å²) in [5.41, 5.74) is 2.73. The van der Waals surface area contributed by atoms with Gasteiger partial charge in [0.25, 0.3) is 0 Å². The Morgan fingerprint density at radius 2 is 2.06 bits per heavy atom. The molecule has 1 heterocycles. The highest BCUT2D eigenvalue weighted by Gasteiger charge is 2.22. The van der Waals surface area contributed by atoms with Crippen LogP contribution >= 0.6 is 0 Å². The number of nitrogens with zero attached hydrogens (tertiary/aromatic N) is 2. The van der Waals surface area contributed by atoms with Crippen molar-refractivity contribution in [2.45, 2.75) is 32.6 Å². The molecule has 6 nitrogen and oxygen atoms in total. The van der Waals surface area contributed by atoms with E-state index in [2.05, 4.69) is 10.4 Å². The van der Waals surface area contributed by atoms with Gasteiger partial charge in [-0.1, -0.05) is 0 Å². The van der Waals surface area contributed by atoms with Crippen LogP contribution in [0.2, 0.25) is 0 Å². The number of rotatable bonds is 8. The van der Waals surface area contributed by atoms with E-state index in [9.17, 15) is 0 Å². The highest BCUT2D eigenvalue weighted by Crippen LogP contribution is 2.08. The number of hydrazine groups is 1. The fourth-order valence-electron chi connectivity index (χ4n) is 1.63. The monoisotopic (exact) mass is 242 g/mol. The normalized spacial score (nSPS) is 13.2. The van der Waals surface area contributed by atoms with Crippen LogP contribution in [0.25, 0.3) is 0 Å². The van der Waals surface area contributed by atoms with Crippen molar-refractivity contribution in [1.82, 2.24) is 15.0 Å². The fourth-order valence-corrected chi connectivity index (χ4v) is 1.63. The van der Waals surface area contributed by atoms with Gasteiger partial charge in [-0.25, -0.2) is 4.98 Å². The highest BCUT2D eigenvalue weighted by molar-refractivity contribution is 4.95. The molecule has 6 heteroatoms. The number of hydrogen-bond acceptors (Lipinski definition) is 5. The minimum atomic E-state index is -0.355. The van der Waals surface area contributed by atoms with E-state index >= 15 is 0 Å². The van der Waals surface area contributed by atoms with Gasteiger partial charge in [-0.15, -0.1) is 0 Å². The molecule has 0 spiro atoms. The summed E-state index contributed by atoms with van der Waals surface area (Å²) in [4.78, 5) is 4.26. The third-order valence-corrected chi connectivity index (χ3v) is 2.53. The Bertz CT molecular complexity index is 310. The van der Waals surface area contributed by atoms with Gasteiger partial charge in [0.15, 0.2) is 6.29 Å². The minimum absolute atomic E-state index is 0.115. The molecule has 0 aliphatic rings. The largest absolute Gasteiger partial charge is 0.351 e. The number of ether oxygens (including phenoxy) is 2. The van der Waals surface area contributed by atoms with Crippen LogP contribution in [0, 0.1) is 0 Å². The number of hydrogen-bond donors (Lipinski definition) is 2. The Morgan fingerprint density at radius 3 is 2.47 bits per heavy atom. The van der Waals surface area contributed by atoms with Gasteiger partial charge in [0.05, 0.1) is 6.04 Å². The third kappa shape index (κ3) is 4.08. The van der Waals surface area contributed by atoms with Gasteiger partial charge in [-0.3, -0.25) is 11.3 Å². The van der Waals surface area contributed by atoms with E-state index in [0.29, 0.717) is 19.6 Å². The van der Waals surface area contributed by atoms with Crippen molar-refractivity contribution < 1.29 is 9.47 Å². The van der Waals surface area contributed by atoms with Crippen molar-refractivity contribution in [3.05, 3.63) is 18.2 Å². The molecule has 0 aliphatic carbocycles. The summed E-state index contributed by atoms with van der Waals surface area (Å²) < 4.78 is 13.0. The molecule has 0 aliphatic heterocycles. The summed E-state index contributed by atoms with van der Waals surface area (Å²) >= 11 is 0. The lowest BCUT2D eigenvalue weighted by molar-refractivity contribution is -0.154. The Morgan fingerprint density at radius 1 is 1.41 bits per heavy atom. The van der Waals surface area contributed by atoms with Crippen molar-refractivity contribution in [1.29, 1.82) is 0 Å². The molecule has 1 aromatic heterocycles. The first-order valence-electron chi connectivity index (χ1n) is 5.88. The van der Waals surface area contributed by atoms with Gasteiger partial charge < -0.3 is 14.0 Å². The summed E-state index contributed by atoms with van der Waals surface area (Å²) in [6.07, 6.45) is 3.97. The predicted molar refractivity (Wildman–Crippen MR) is 65.1 cm³/mol. The van der Waals surface area contributed by atoms with Gasteiger partial charge >= 0.3 is 0 Å². The van der Waals surface area contributed by atoms with Crippen LogP contribution in [-0.4, -0.2) is 35.1 Å². The molecule has 0 saturated carbocycles. The second kappa shape index (κ2) is 7.39. The number of imidazole rings is 1. The van der Waals surface area contributed by atoms with E-state index in [1.165, 1.54) is 0 Å². The van der Waals surface area contributed by atoms with Gasteiger partial charge in [0.1, 0.15) is 5.82 Å². The average molecular weight is 242 g/mol. The molecule has 0 radical (unpaired) electrons. The maximum Gasteiger partial charge on any atom is 0.174 e. The minimum Gasteiger partial charge on any atom is -0.351 e. The van der Waals surface area contributed by atoms with Gasteiger partial charge in [0, 0.05) is 39.1 Å². The average Bonchev–Trinajstić information content (AvgIpc) is 2.71. The molecule has 0 aromatic carbocycles. The predicted octanol–water partition coefficient (Wildman–Crippen LogP) is 0.194. The summed E-state index contributed by atoms with van der Waals surface area (Å²) in [7, 11) is 1.95. The van der Waals surface area contributed by atoms with Crippen LogP contribution in [0.1, 0.15) is 19.7 Å². The highest BCUT2D eigenvalue weighted by atomic mass is 16.7. The van der Waals surface area contributed by atoms with E-state index in [4.69, 9.17) is 15.3 Å². The number of aryl methyl sites for hydroxylation is 1. The topological polar surface area (TPSA) is 74.3 Å². The molecule has 17 heavy (non-hydrogen) atoms. The van der Waals surface area contributed by atoms with Crippen molar-refractivity contribution in [3.63, 3.8) is 0 Å². The fraction of sp³-hybridized carbons (Fsp3) is 0.727. The Hall–Kier alpha value is -0.950. The summed E-state index contributed by atoms with van der Waals surface area (Å²) in [5, 5.41) is 0. The third-order valence-electron chi connectivity index (χ3n) is 2.53.